The first-order valence-corrected chi connectivity index (χ1v) is 6.50. The van der Waals surface area contributed by atoms with Gasteiger partial charge in [0.15, 0.2) is 23.2 Å². The third kappa shape index (κ3) is 2.95. The predicted octanol–water partition coefficient (Wildman–Crippen LogP) is 4.95. The molecule has 106 valence electrons. The van der Waals surface area contributed by atoms with Crippen LogP contribution in [0.2, 0.25) is 0 Å². The Hall–Kier alpha value is -1.97. The standard InChI is InChI=1S/C16H15F3O/c1-2-3-10-20-16-12(7-5-9-14(16)18)11-6-4-8-13(17)15(11)19/h4-9H,2-3,10H2,1H3. The Morgan fingerprint density at radius 1 is 0.900 bits per heavy atom. The third-order valence-corrected chi connectivity index (χ3v) is 2.95. The molecule has 20 heavy (non-hydrogen) atoms. The van der Waals surface area contributed by atoms with Crippen molar-refractivity contribution in [2.75, 3.05) is 6.61 Å². The highest BCUT2D eigenvalue weighted by molar-refractivity contribution is 5.71. The summed E-state index contributed by atoms with van der Waals surface area (Å²) < 4.78 is 46.4. The highest BCUT2D eigenvalue weighted by Crippen LogP contribution is 2.34. The van der Waals surface area contributed by atoms with Gasteiger partial charge in [-0.1, -0.05) is 37.6 Å². The van der Waals surface area contributed by atoms with Gasteiger partial charge in [0.05, 0.1) is 6.61 Å². The molecule has 0 atom stereocenters. The SMILES string of the molecule is CCCCOc1c(F)cccc1-c1cccc(F)c1F. The van der Waals surface area contributed by atoms with Gasteiger partial charge in [-0.3, -0.25) is 0 Å². The van der Waals surface area contributed by atoms with Crippen molar-refractivity contribution < 1.29 is 17.9 Å². The van der Waals surface area contributed by atoms with Gasteiger partial charge in [-0.05, 0) is 18.6 Å². The summed E-state index contributed by atoms with van der Waals surface area (Å²) >= 11 is 0. The van der Waals surface area contributed by atoms with Gasteiger partial charge < -0.3 is 4.74 Å². The van der Waals surface area contributed by atoms with Crippen molar-refractivity contribution in [1.82, 2.24) is 0 Å². The Kier molecular flexibility index (Phi) is 4.66. The summed E-state index contributed by atoms with van der Waals surface area (Å²) in [5.74, 6) is -2.59. The molecule has 2 aromatic rings. The average molecular weight is 280 g/mol. The molecule has 0 aliphatic carbocycles. The minimum atomic E-state index is -1.00. The molecule has 0 aliphatic rings. The lowest BCUT2D eigenvalue weighted by Crippen LogP contribution is -2.01. The van der Waals surface area contributed by atoms with E-state index >= 15 is 0 Å². The van der Waals surface area contributed by atoms with Crippen molar-refractivity contribution in [1.29, 1.82) is 0 Å². The number of ether oxygens (including phenoxy) is 1. The largest absolute Gasteiger partial charge is 0.490 e. The van der Waals surface area contributed by atoms with Gasteiger partial charge in [0.1, 0.15) is 0 Å². The molecular formula is C16H15F3O. The fourth-order valence-corrected chi connectivity index (χ4v) is 1.90. The molecule has 1 nitrogen and oxygen atoms in total. The maximum atomic E-state index is 13.9. The van der Waals surface area contributed by atoms with E-state index in [4.69, 9.17) is 4.74 Å². The second kappa shape index (κ2) is 6.46. The van der Waals surface area contributed by atoms with Gasteiger partial charge in [-0.25, -0.2) is 13.2 Å². The number of rotatable bonds is 5. The quantitative estimate of drug-likeness (QED) is 0.704. The molecule has 0 spiro atoms. The minimum absolute atomic E-state index is 0.00371. The molecule has 0 saturated carbocycles. The molecule has 0 radical (unpaired) electrons. The molecule has 0 aromatic heterocycles. The van der Waals surface area contributed by atoms with Crippen molar-refractivity contribution >= 4 is 0 Å². The van der Waals surface area contributed by atoms with Crippen molar-refractivity contribution in [3.05, 3.63) is 53.8 Å². The summed E-state index contributed by atoms with van der Waals surface area (Å²) in [5, 5.41) is 0. The van der Waals surface area contributed by atoms with Gasteiger partial charge in [-0.2, -0.15) is 0 Å². The van der Waals surface area contributed by atoms with Crippen LogP contribution in [0.5, 0.6) is 5.75 Å². The van der Waals surface area contributed by atoms with Gasteiger partial charge in [-0.15, -0.1) is 0 Å². The summed E-state index contributed by atoms with van der Waals surface area (Å²) in [6, 6.07) is 8.01. The normalized spacial score (nSPS) is 10.6. The van der Waals surface area contributed by atoms with E-state index in [-0.39, 0.29) is 16.9 Å². The summed E-state index contributed by atoms with van der Waals surface area (Å²) in [6.07, 6.45) is 1.66. The van der Waals surface area contributed by atoms with Crippen molar-refractivity contribution in [2.45, 2.75) is 19.8 Å². The lowest BCUT2D eigenvalue weighted by atomic mass is 10.0. The topological polar surface area (TPSA) is 9.23 Å². The van der Waals surface area contributed by atoms with E-state index in [1.165, 1.54) is 30.3 Å². The molecule has 4 heteroatoms. The fourth-order valence-electron chi connectivity index (χ4n) is 1.90. The number of halogens is 3. The predicted molar refractivity (Wildman–Crippen MR) is 72.2 cm³/mol. The van der Waals surface area contributed by atoms with Gasteiger partial charge >= 0.3 is 0 Å². The molecule has 0 N–H and O–H groups in total. The van der Waals surface area contributed by atoms with Crippen molar-refractivity contribution in [2.24, 2.45) is 0 Å². The van der Waals surface area contributed by atoms with Crippen LogP contribution in [0.25, 0.3) is 11.1 Å². The second-order valence-electron chi connectivity index (χ2n) is 4.42. The first kappa shape index (κ1) is 14.4. The zero-order valence-corrected chi connectivity index (χ0v) is 11.1. The van der Waals surface area contributed by atoms with Crippen LogP contribution in [0.4, 0.5) is 13.2 Å². The van der Waals surface area contributed by atoms with Crippen molar-refractivity contribution in [3.63, 3.8) is 0 Å². The molecule has 0 heterocycles. The fraction of sp³-hybridized carbons (Fsp3) is 0.250. The van der Waals surface area contributed by atoms with Crippen LogP contribution in [0.3, 0.4) is 0 Å². The lowest BCUT2D eigenvalue weighted by molar-refractivity contribution is 0.295. The number of para-hydroxylation sites is 1. The summed E-state index contributed by atoms with van der Waals surface area (Å²) in [7, 11) is 0. The summed E-state index contributed by atoms with van der Waals surface area (Å²) in [4.78, 5) is 0. The van der Waals surface area contributed by atoms with E-state index < -0.39 is 17.5 Å². The molecular weight excluding hydrogens is 265 g/mol. The highest BCUT2D eigenvalue weighted by atomic mass is 19.2. The molecule has 0 fully saturated rings. The Labute approximate surface area is 116 Å². The molecule has 2 aromatic carbocycles. The van der Waals surface area contributed by atoms with Crippen LogP contribution in [0.15, 0.2) is 36.4 Å². The summed E-state index contributed by atoms with van der Waals surface area (Å²) in [5.41, 5.74) is 0.217. The second-order valence-corrected chi connectivity index (χ2v) is 4.42. The highest BCUT2D eigenvalue weighted by Gasteiger charge is 2.16. The van der Waals surface area contributed by atoms with Crippen LogP contribution < -0.4 is 4.74 Å². The lowest BCUT2D eigenvalue weighted by Gasteiger charge is -2.13. The Morgan fingerprint density at radius 2 is 1.55 bits per heavy atom. The minimum Gasteiger partial charge on any atom is -0.490 e. The molecule has 0 aliphatic heterocycles. The van der Waals surface area contributed by atoms with E-state index in [0.717, 1.165) is 18.9 Å². The van der Waals surface area contributed by atoms with Crippen LogP contribution >= 0.6 is 0 Å². The van der Waals surface area contributed by atoms with Gasteiger partial charge in [0, 0.05) is 11.1 Å². The van der Waals surface area contributed by atoms with E-state index in [1.807, 2.05) is 6.92 Å². The Bertz CT molecular complexity index is 596. The maximum absolute atomic E-state index is 13.9. The first-order valence-electron chi connectivity index (χ1n) is 6.50. The molecule has 0 saturated heterocycles. The van der Waals surface area contributed by atoms with E-state index in [1.54, 1.807) is 0 Å². The van der Waals surface area contributed by atoms with Gasteiger partial charge in [0.2, 0.25) is 0 Å². The molecule has 0 amide bonds. The number of benzene rings is 2. The molecule has 0 unspecified atom stereocenters. The van der Waals surface area contributed by atoms with Crippen LogP contribution in [0, 0.1) is 17.5 Å². The smallest absolute Gasteiger partial charge is 0.166 e. The van der Waals surface area contributed by atoms with E-state index in [2.05, 4.69) is 0 Å². The number of unbranched alkanes of at least 4 members (excludes halogenated alkanes) is 1. The number of hydrogen-bond acceptors (Lipinski definition) is 1. The monoisotopic (exact) mass is 280 g/mol. The maximum Gasteiger partial charge on any atom is 0.166 e. The van der Waals surface area contributed by atoms with E-state index in [9.17, 15) is 13.2 Å². The number of hydrogen-bond donors (Lipinski definition) is 0. The Balaban J connectivity index is 2.45. The van der Waals surface area contributed by atoms with Gasteiger partial charge in [0.25, 0.3) is 0 Å². The third-order valence-electron chi connectivity index (χ3n) is 2.95. The Morgan fingerprint density at radius 3 is 2.25 bits per heavy atom. The van der Waals surface area contributed by atoms with Crippen LogP contribution in [-0.4, -0.2) is 6.61 Å². The van der Waals surface area contributed by atoms with Crippen LogP contribution in [0.1, 0.15) is 19.8 Å². The van der Waals surface area contributed by atoms with Crippen LogP contribution in [-0.2, 0) is 0 Å². The first-order chi connectivity index (χ1) is 9.65. The summed E-state index contributed by atoms with van der Waals surface area (Å²) in [6.45, 7) is 2.32. The average Bonchev–Trinajstić information content (AvgIpc) is 2.44. The van der Waals surface area contributed by atoms with Crippen molar-refractivity contribution in [3.8, 4) is 16.9 Å². The molecule has 0 bridgehead atoms. The molecule has 2 rings (SSSR count). The zero-order chi connectivity index (χ0) is 14.5. The van der Waals surface area contributed by atoms with E-state index in [0.29, 0.717) is 6.61 Å². The zero-order valence-electron chi connectivity index (χ0n) is 11.1.